The first-order valence-corrected chi connectivity index (χ1v) is 9.69. The molecular weight excluding hydrogens is 369 g/mol. The molecule has 9 heteroatoms. The number of halogens is 3. The van der Waals surface area contributed by atoms with Gasteiger partial charge < -0.3 is 4.90 Å². The van der Waals surface area contributed by atoms with Crippen LogP contribution in [-0.4, -0.2) is 56.4 Å². The molecule has 0 N–H and O–H groups in total. The average Bonchev–Trinajstić information content (AvgIpc) is 3.35. The van der Waals surface area contributed by atoms with Gasteiger partial charge in [-0.05, 0) is 50.3 Å². The second kappa shape index (κ2) is 7.19. The number of carbonyl (C=O) groups is 1. The van der Waals surface area contributed by atoms with Gasteiger partial charge in [0.05, 0.1) is 4.90 Å². The zero-order valence-electron chi connectivity index (χ0n) is 15.2. The van der Waals surface area contributed by atoms with Gasteiger partial charge in [0, 0.05) is 25.7 Å². The molecule has 0 saturated heterocycles. The van der Waals surface area contributed by atoms with Crippen LogP contribution in [0.1, 0.15) is 35.7 Å². The Hall–Kier alpha value is -1.61. The fraction of sp³-hybridized carbons (Fsp3) is 0.588. The van der Waals surface area contributed by atoms with Crippen molar-refractivity contribution >= 4 is 15.9 Å². The number of amides is 1. The summed E-state index contributed by atoms with van der Waals surface area (Å²) in [6, 6.07) is 3.39. The Morgan fingerprint density at radius 3 is 2.31 bits per heavy atom. The Morgan fingerprint density at radius 2 is 1.85 bits per heavy atom. The highest BCUT2D eigenvalue weighted by Gasteiger charge is 2.41. The smallest absolute Gasteiger partial charge is 0.327 e. The molecule has 1 unspecified atom stereocenters. The summed E-state index contributed by atoms with van der Waals surface area (Å²) < 4.78 is 64.6. The Kier molecular flexibility index (Phi) is 5.72. The number of alkyl halides is 3. The number of nitrogens with zero attached hydrogens (tertiary/aromatic N) is 2. The molecule has 1 amide bonds. The lowest BCUT2D eigenvalue weighted by molar-refractivity contribution is -0.144. The highest BCUT2D eigenvalue weighted by Crippen LogP contribution is 2.37. The first-order chi connectivity index (χ1) is 11.8. The summed E-state index contributed by atoms with van der Waals surface area (Å²) in [7, 11) is -1.10. The first-order valence-electron chi connectivity index (χ1n) is 8.25. The molecule has 0 spiro atoms. The van der Waals surface area contributed by atoms with Gasteiger partial charge in [-0.15, -0.1) is 0 Å². The van der Waals surface area contributed by atoms with Crippen molar-refractivity contribution in [2.75, 3.05) is 20.6 Å². The van der Waals surface area contributed by atoms with Crippen LogP contribution < -0.4 is 0 Å². The molecule has 1 fully saturated rings. The summed E-state index contributed by atoms with van der Waals surface area (Å²) >= 11 is 0. The summed E-state index contributed by atoms with van der Waals surface area (Å²) in [6.07, 6.45) is -2.95. The second-order valence-corrected chi connectivity index (χ2v) is 9.04. The second-order valence-electron chi connectivity index (χ2n) is 6.89. The predicted octanol–water partition coefficient (Wildman–Crippen LogP) is 3.05. The molecule has 1 saturated carbocycles. The molecule has 0 aliphatic heterocycles. The van der Waals surface area contributed by atoms with Crippen molar-refractivity contribution in [3.05, 3.63) is 29.3 Å². The third-order valence-electron chi connectivity index (χ3n) is 4.62. The van der Waals surface area contributed by atoms with Crippen LogP contribution in [0, 0.1) is 12.8 Å². The molecule has 0 heterocycles. The third kappa shape index (κ3) is 4.56. The van der Waals surface area contributed by atoms with Crippen LogP contribution in [0.4, 0.5) is 13.2 Å². The van der Waals surface area contributed by atoms with Crippen molar-refractivity contribution < 1.29 is 26.4 Å². The monoisotopic (exact) mass is 392 g/mol. The lowest BCUT2D eigenvalue weighted by atomic mass is 10.1. The van der Waals surface area contributed by atoms with Crippen molar-refractivity contribution in [2.45, 2.75) is 43.8 Å². The van der Waals surface area contributed by atoms with E-state index < -0.39 is 34.7 Å². The van der Waals surface area contributed by atoms with Gasteiger partial charge in [-0.1, -0.05) is 6.07 Å². The van der Waals surface area contributed by atoms with Crippen molar-refractivity contribution in [1.29, 1.82) is 0 Å². The molecule has 2 rings (SSSR count). The maximum Gasteiger partial charge on any atom is 0.406 e. The minimum Gasteiger partial charge on any atom is -0.327 e. The van der Waals surface area contributed by atoms with Gasteiger partial charge in [-0.2, -0.15) is 13.2 Å². The van der Waals surface area contributed by atoms with Crippen LogP contribution in [0.2, 0.25) is 0 Å². The van der Waals surface area contributed by atoms with Gasteiger partial charge in [0.2, 0.25) is 10.0 Å². The van der Waals surface area contributed by atoms with E-state index in [1.807, 2.05) is 0 Å². The van der Waals surface area contributed by atoms with Crippen LogP contribution in [-0.2, 0) is 10.0 Å². The molecule has 0 aromatic heterocycles. The number of hydrogen-bond acceptors (Lipinski definition) is 3. The number of sulfonamides is 1. The number of carbonyl (C=O) groups excluding carboxylic acids is 1. The summed E-state index contributed by atoms with van der Waals surface area (Å²) in [5, 5.41) is 0. The summed E-state index contributed by atoms with van der Waals surface area (Å²) in [4.78, 5) is 13.6. The van der Waals surface area contributed by atoms with Crippen molar-refractivity contribution in [3.63, 3.8) is 0 Å². The van der Waals surface area contributed by atoms with E-state index >= 15 is 0 Å². The minimum atomic E-state index is -4.53. The van der Waals surface area contributed by atoms with E-state index in [1.165, 1.54) is 26.2 Å². The van der Waals surface area contributed by atoms with Gasteiger partial charge in [0.15, 0.2) is 0 Å². The number of benzene rings is 1. The van der Waals surface area contributed by atoms with E-state index in [9.17, 15) is 26.4 Å². The lowest BCUT2D eigenvalue weighted by Gasteiger charge is -2.31. The topological polar surface area (TPSA) is 57.7 Å². The molecule has 26 heavy (non-hydrogen) atoms. The average molecular weight is 392 g/mol. The fourth-order valence-electron chi connectivity index (χ4n) is 2.78. The molecule has 146 valence electrons. The van der Waals surface area contributed by atoms with E-state index in [-0.39, 0.29) is 16.4 Å². The number of rotatable bonds is 6. The SMILES string of the molecule is Cc1ccc(S(=O)(=O)N(C)C)cc1C(=O)N(CC(F)(F)F)C(C)C1CC1. The Balaban J connectivity index is 2.44. The van der Waals surface area contributed by atoms with E-state index in [2.05, 4.69) is 0 Å². The molecular formula is C17H23F3N2O3S. The van der Waals surface area contributed by atoms with E-state index in [0.717, 1.165) is 28.1 Å². The fourth-order valence-corrected chi connectivity index (χ4v) is 3.71. The summed E-state index contributed by atoms with van der Waals surface area (Å²) in [5.41, 5.74) is 0.410. The lowest BCUT2D eigenvalue weighted by Crippen LogP contribution is -2.45. The van der Waals surface area contributed by atoms with E-state index in [1.54, 1.807) is 13.8 Å². The number of aryl methyl sites for hydroxylation is 1. The molecule has 1 aliphatic carbocycles. The Labute approximate surface area is 151 Å². The van der Waals surface area contributed by atoms with E-state index in [4.69, 9.17) is 0 Å². The molecule has 5 nitrogen and oxygen atoms in total. The normalized spacial score (nSPS) is 16.6. The third-order valence-corrected chi connectivity index (χ3v) is 6.44. The molecule has 1 aromatic rings. The van der Waals surface area contributed by atoms with Crippen molar-refractivity contribution in [1.82, 2.24) is 9.21 Å². The zero-order chi connectivity index (χ0) is 19.9. The quantitative estimate of drug-likeness (QED) is 0.748. The van der Waals surface area contributed by atoms with Gasteiger partial charge >= 0.3 is 6.18 Å². The summed E-state index contributed by atoms with van der Waals surface area (Å²) in [5.74, 6) is -0.745. The minimum absolute atomic E-state index is 0.0234. The van der Waals surface area contributed by atoms with Crippen molar-refractivity contribution in [2.24, 2.45) is 5.92 Å². The van der Waals surface area contributed by atoms with Crippen LogP contribution in [0.3, 0.4) is 0 Å². The maximum absolute atomic E-state index is 13.0. The maximum atomic E-state index is 13.0. The zero-order valence-corrected chi connectivity index (χ0v) is 16.0. The van der Waals surface area contributed by atoms with Gasteiger partial charge in [-0.25, -0.2) is 12.7 Å². The molecule has 1 aromatic carbocycles. The van der Waals surface area contributed by atoms with Crippen LogP contribution in [0.5, 0.6) is 0 Å². The molecule has 0 radical (unpaired) electrons. The van der Waals surface area contributed by atoms with Gasteiger partial charge in [0.25, 0.3) is 5.91 Å². The number of hydrogen-bond donors (Lipinski definition) is 0. The van der Waals surface area contributed by atoms with Gasteiger partial charge in [-0.3, -0.25) is 4.79 Å². The standard InChI is InChI=1S/C17H23F3N2O3S/c1-11-5-8-14(26(24,25)21(3)4)9-15(11)16(23)22(10-17(18,19)20)12(2)13-6-7-13/h5,8-9,12-13H,6-7,10H2,1-4H3. The Bertz CT molecular complexity index is 787. The van der Waals surface area contributed by atoms with E-state index in [0.29, 0.717) is 5.56 Å². The molecule has 0 bridgehead atoms. The summed E-state index contributed by atoms with van der Waals surface area (Å²) in [6.45, 7) is 1.83. The molecule has 1 atom stereocenters. The van der Waals surface area contributed by atoms with Crippen molar-refractivity contribution in [3.8, 4) is 0 Å². The predicted molar refractivity (Wildman–Crippen MR) is 91.3 cm³/mol. The largest absolute Gasteiger partial charge is 0.406 e. The molecule has 1 aliphatic rings. The van der Waals surface area contributed by atoms with Crippen LogP contribution in [0.25, 0.3) is 0 Å². The highest BCUT2D eigenvalue weighted by molar-refractivity contribution is 7.89. The van der Waals surface area contributed by atoms with Gasteiger partial charge in [0.1, 0.15) is 6.54 Å². The Morgan fingerprint density at radius 1 is 1.27 bits per heavy atom. The highest BCUT2D eigenvalue weighted by atomic mass is 32.2. The van der Waals surface area contributed by atoms with Crippen LogP contribution in [0.15, 0.2) is 23.1 Å². The first kappa shape index (κ1) is 20.7. The van der Waals surface area contributed by atoms with Crippen LogP contribution >= 0.6 is 0 Å².